The molecule has 6 heterocycles. The molecule has 608 valence electrons. The second-order valence-electron chi connectivity index (χ2n) is 34.6. The molecule has 0 radical (unpaired) electrons. The summed E-state index contributed by atoms with van der Waals surface area (Å²) in [7, 11) is 0. The number of aromatic nitrogens is 4. The number of benzene rings is 23. The second kappa shape index (κ2) is 29.6. The zero-order valence-corrected chi connectivity index (χ0v) is 71.0. The van der Waals surface area contributed by atoms with Gasteiger partial charge < -0.3 is 18.0 Å². The van der Waals surface area contributed by atoms with E-state index in [0.29, 0.717) is 0 Å². The van der Waals surface area contributed by atoms with Crippen molar-refractivity contribution in [3.8, 4) is 61.8 Å². The van der Waals surface area contributed by atoms with Gasteiger partial charge in [0.2, 0.25) is 0 Å². The minimum Gasteiger partial charge on any atom is -0.456 e. The number of hydrogen-bond acceptors (Lipinski definition) is 3. The van der Waals surface area contributed by atoms with Crippen molar-refractivity contribution in [1.29, 1.82) is 0 Å². The molecule has 0 N–H and O–H groups in total. The van der Waals surface area contributed by atoms with Gasteiger partial charge in [0.1, 0.15) is 28.1 Å². The van der Waals surface area contributed by atoms with Gasteiger partial charge >= 0.3 is 0 Å². The Morgan fingerprint density at radius 1 is 0.160 bits per heavy atom. The number of hydrogen-bond donors (Lipinski definition) is 0. The predicted octanol–water partition coefficient (Wildman–Crippen LogP) is 34.6. The highest BCUT2D eigenvalue weighted by atomic mass is 16.3. The minimum absolute atomic E-state index is 0.914. The van der Waals surface area contributed by atoms with Gasteiger partial charge in [0.25, 0.3) is 0 Å². The summed E-state index contributed by atoms with van der Waals surface area (Å²) in [6.45, 7) is 0. The topological polar surface area (TPSA) is 54.0 Å². The first kappa shape index (κ1) is 73.9. The van der Waals surface area contributed by atoms with Gasteiger partial charge in [-0.2, -0.15) is 0 Å². The lowest BCUT2D eigenvalue weighted by atomic mass is 9.95. The second-order valence-corrected chi connectivity index (χ2v) is 34.6. The maximum atomic E-state index is 6.09. The molecule has 0 fully saturated rings. The summed E-state index contributed by atoms with van der Waals surface area (Å²) in [6.07, 6.45) is 0. The minimum atomic E-state index is 0.914. The Labute approximate surface area is 751 Å². The smallest absolute Gasteiger partial charge is 0.138 e. The van der Waals surface area contributed by atoms with Crippen LogP contribution in [0, 0.1) is 0 Å². The summed E-state index contributed by atoms with van der Waals surface area (Å²) in [4.78, 5) is 5.43. The van der Waals surface area contributed by atoms with Crippen LogP contribution in [0.3, 0.4) is 0 Å². The summed E-state index contributed by atoms with van der Waals surface area (Å²) in [5.41, 5.74) is 22.4. The lowest BCUT2D eigenvalue weighted by Gasteiger charge is -2.15. The van der Waals surface area contributed by atoms with E-state index < -0.39 is 0 Å². The third-order valence-electron chi connectivity index (χ3n) is 27.4. The van der Waals surface area contributed by atoms with Crippen molar-refractivity contribution in [2.75, 3.05) is 0 Å². The molecule has 6 nitrogen and oxygen atoms in total. The molecule has 0 unspecified atom stereocenters. The van der Waals surface area contributed by atoms with Gasteiger partial charge in [0.15, 0.2) is 0 Å². The first-order valence-electron chi connectivity index (χ1n) is 44.9. The molecule has 29 aromatic rings. The Hall–Kier alpha value is -17.5. The van der Waals surface area contributed by atoms with Crippen molar-refractivity contribution in [1.82, 2.24) is 18.7 Å². The van der Waals surface area contributed by atoms with Crippen molar-refractivity contribution >= 4 is 206 Å². The Kier molecular flexibility index (Phi) is 16.7. The van der Waals surface area contributed by atoms with Crippen LogP contribution in [0.4, 0.5) is 0 Å². The van der Waals surface area contributed by atoms with Gasteiger partial charge in [-0.25, -0.2) is 4.98 Å². The summed E-state index contributed by atoms with van der Waals surface area (Å²) in [6, 6.07) is 166. The van der Waals surface area contributed by atoms with E-state index >= 15 is 0 Å². The largest absolute Gasteiger partial charge is 0.456 e. The number of furan rings is 2. The number of pyridine rings is 1. The van der Waals surface area contributed by atoms with Crippen LogP contribution < -0.4 is 0 Å². The molecule has 6 heteroatoms. The average molecular weight is 1670 g/mol. The number of para-hydroxylation sites is 2. The molecule has 0 aliphatic heterocycles. The van der Waals surface area contributed by atoms with Gasteiger partial charge in [-0.15, -0.1) is 0 Å². The van der Waals surface area contributed by atoms with Crippen LogP contribution in [-0.2, 0) is 0 Å². The Balaban J connectivity index is 0.000000101. The van der Waals surface area contributed by atoms with Gasteiger partial charge in [0.05, 0.1) is 38.8 Å². The molecule has 6 aromatic heterocycles. The van der Waals surface area contributed by atoms with Crippen molar-refractivity contribution < 1.29 is 8.83 Å². The molecule has 0 spiro atoms. The van der Waals surface area contributed by atoms with Crippen molar-refractivity contribution in [2.24, 2.45) is 0 Å². The van der Waals surface area contributed by atoms with Gasteiger partial charge in [-0.3, -0.25) is 4.57 Å². The third kappa shape index (κ3) is 11.7. The highest BCUT2D eigenvalue weighted by molar-refractivity contribution is 6.38. The van der Waals surface area contributed by atoms with E-state index in [1.165, 1.54) is 190 Å². The third-order valence-corrected chi connectivity index (χ3v) is 27.4. The van der Waals surface area contributed by atoms with Crippen LogP contribution in [0.2, 0.25) is 0 Å². The molecule has 29 rings (SSSR count). The molecule has 0 aliphatic carbocycles. The molecule has 0 saturated carbocycles. The van der Waals surface area contributed by atoms with Gasteiger partial charge in [-0.05, 0) is 200 Å². The van der Waals surface area contributed by atoms with E-state index in [2.05, 4.69) is 450 Å². The Morgan fingerprint density at radius 2 is 0.519 bits per heavy atom. The molecule has 0 aliphatic rings. The molecular formula is C125H76N4O2. The SMILES string of the molecule is c1ccc(-c2cc(-c3ccccc3)nc(-n3c4c5ccccc5ccc4c4c5ccccc5c5ccccc5c43)c2)cc1.c1ccc2c(c1)ccc1c2c2c3ccccc3c3ccccc3c2n1-c1ccc(-c2ccc3oc4ccccc4c3c2)cc1.c1ccc2cc3c(cc2c1)c1c2ccccc2c2ccccc2c1n3-c1ccc(-c2ccc3oc4ccccc4c3c2)cc1. The van der Waals surface area contributed by atoms with E-state index in [1.54, 1.807) is 0 Å². The van der Waals surface area contributed by atoms with Crippen molar-refractivity contribution in [3.63, 3.8) is 0 Å². The number of nitrogens with zero attached hydrogens (tertiary/aromatic N) is 4. The average Bonchev–Trinajstić information content (AvgIpc) is 1.55. The van der Waals surface area contributed by atoms with Gasteiger partial charge in [0, 0.05) is 92.3 Å². The lowest BCUT2D eigenvalue weighted by Crippen LogP contribution is -2.01. The maximum Gasteiger partial charge on any atom is 0.138 e. The molecule has 23 aromatic carbocycles. The number of fused-ring (bicyclic) bond motifs is 35. The molecule has 131 heavy (non-hydrogen) atoms. The fourth-order valence-electron chi connectivity index (χ4n) is 21.6. The molecule has 0 saturated heterocycles. The van der Waals surface area contributed by atoms with Crippen LogP contribution in [0.15, 0.2) is 470 Å². The maximum absolute atomic E-state index is 6.09. The zero-order valence-electron chi connectivity index (χ0n) is 71.0. The highest BCUT2D eigenvalue weighted by Crippen LogP contribution is 2.50. The summed E-state index contributed by atoms with van der Waals surface area (Å²) in [5, 5.41) is 35.1. The fourth-order valence-corrected chi connectivity index (χ4v) is 21.6. The Morgan fingerprint density at radius 3 is 1.05 bits per heavy atom. The predicted molar refractivity (Wildman–Crippen MR) is 554 cm³/mol. The summed E-state index contributed by atoms with van der Waals surface area (Å²) >= 11 is 0. The Bertz CT molecular complexity index is 9570. The molecule has 0 bridgehead atoms. The normalized spacial score (nSPS) is 12.0. The highest BCUT2D eigenvalue weighted by Gasteiger charge is 2.27. The van der Waals surface area contributed by atoms with Crippen LogP contribution in [0.25, 0.3) is 268 Å². The summed E-state index contributed by atoms with van der Waals surface area (Å²) in [5.74, 6) is 0.914. The van der Waals surface area contributed by atoms with E-state index in [9.17, 15) is 0 Å². The van der Waals surface area contributed by atoms with Crippen molar-refractivity contribution in [2.45, 2.75) is 0 Å². The first-order chi connectivity index (χ1) is 65.0. The number of rotatable bonds is 7. The quantitative estimate of drug-likeness (QED) is 0.149. The van der Waals surface area contributed by atoms with Crippen molar-refractivity contribution in [3.05, 3.63) is 461 Å². The van der Waals surface area contributed by atoms with Crippen LogP contribution in [0.5, 0.6) is 0 Å². The van der Waals surface area contributed by atoms with E-state index in [-0.39, 0.29) is 0 Å². The molecule has 0 amide bonds. The zero-order chi connectivity index (χ0) is 85.9. The van der Waals surface area contributed by atoms with Crippen LogP contribution >= 0.6 is 0 Å². The van der Waals surface area contributed by atoms with E-state index in [0.717, 1.165) is 77.9 Å². The standard InChI is InChI=1S/2C42H25NO.C41H26N2/c1-2-10-30-27(9-1)19-23-37-40(30)41-34-14-5-3-11-31(34)32-12-4-6-15-35(32)42(41)43(37)29-21-17-26(18-22-29)28-20-24-39-36(25-28)33-13-7-8-16-38(33)44-39;1-2-10-28-25-38-37(24-27(28)9-1)41-34-14-5-3-11-31(34)32-12-4-6-15-35(32)42(41)43(38)30-20-17-26(18-21-30)29-19-22-40-36(23-29)33-13-7-8-16-39(33)44-40;1-3-13-27(14-4-1)30-25-37(29-16-5-2-6-17-29)42-38(26-30)43-40-31-18-8-7-15-28(31)23-24-36(40)39-34-21-11-9-19-32(34)33-20-10-12-22-35(33)41(39)43/h2*1-25H;1-26H. The van der Waals surface area contributed by atoms with Crippen LogP contribution in [0.1, 0.15) is 0 Å². The molecule has 0 atom stereocenters. The van der Waals surface area contributed by atoms with Gasteiger partial charge in [-0.1, -0.05) is 370 Å². The molecular weight excluding hydrogens is 1590 g/mol. The fraction of sp³-hybridized carbons (Fsp3) is 0. The van der Waals surface area contributed by atoms with E-state index in [4.69, 9.17) is 13.8 Å². The van der Waals surface area contributed by atoms with E-state index in [1.807, 2.05) is 24.3 Å². The summed E-state index contributed by atoms with van der Waals surface area (Å²) < 4.78 is 19.6. The monoisotopic (exact) mass is 1660 g/mol. The van der Waals surface area contributed by atoms with Crippen LogP contribution in [-0.4, -0.2) is 18.7 Å². The lowest BCUT2D eigenvalue weighted by molar-refractivity contribution is 0.668. The first-order valence-corrected chi connectivity index (χ1v) is 44.9.